The van der Waals surface area contributed by atoms with Crippen LogP contribution in [0.25, 0.3) is 0 Å². The average Bonchev–Trinajstić information content (AvgIpc) is 3.00. The quantitative estimate of drug-likeness (QED) is 0.770. The zero-order valence-corrected chi connectivity index (χ0v) is 13.0. The number of rotatable bonds is 7. The maximum Gasteiger partial charge on any atom is 0.209 e. The van der Waals surface area contributed by atoms with Crippen molar-refractivity contribution < 1.29 is 0 Å². The van der Waals surface area contributed by atoms with E-state index in [1.807, 2.05) is 21.8 Å². The first-order chi connectivity index (χ1) is 9.54. The molecule has 2 aromatic rings. The van der Waals surface area contributed by atoms with Crippen molar-refractivity contribution in [1.82, 2.24) is 35.1 Å². The predicted molar refractivity (Wildman–Crippen MR) is 78.5 cm³/mol. The molecule has 2 rings (SSSR count). The topological polar surface area (TPSA) is 73.5 Å². The highest BCUT2D eigenvalue weighted by atomic mass is 32.2. The Morgan fingerprint density at radius 2 is 2.15 bits per heavy atom. The van der Waals surface area contributed by atoms with E-state index in [2.05, 4.69) is 46.6 Å². The van der Waals surface area contributed by atoms with Crippen molar-refractivity contribution >= 4 is 11.8 Å². The van der Waals surface area contributed by atoms with Crippen molar-refractivity contribution in [3.05, 3.63) is 18.7 Å². The molecule has 8 heteroatoms. The maximum atomic E-state index is 4.06. The summed E-state index contributed by atoms with van der Waals surface area (Å²) in [5.74, 6) is 0.920. The lowest BCUT2D eigenvalue weighted by atomic mass is 10.1. The molecule has 1 N–H and O–H groups in total. The third kappa shape index (κ3) is 4.93. The summed E-state index contributed by atoms with van der Waals surface area (Å²) in [5.41, 5.74) is 0.114. The minimum atomic E-state index is 0.114. The van der Waals surface area contributed by atoms with Gasteiger partial charge in [-0.05, 0) is 31.2 Å². The molecule has 0 saturated carbocycles. The zero-order valence-electron chi connectivity index (χ0n) is 12.2. The van der Waals surface area contributed by atoms with Gasteiger partial charge in [-0.15, -0.1) is 5.10 Å². The van der Waals surface area contributed by atoms with E-state index in [-0.39, 0.29) is 5.54 Å². The lowest BCUT2D eigenvalue weighted by molar-refractivity contribution is 0.396. The van der Waals surface area contributed by atoms with Crippen molar-refractivity contribution in [3.8, 4) is 0 Å². The molecule has 110 valence electrons. The Morgan fingerprint density at radius 3 is 2.85 bits per heavy atom. The summed E-state index contributed by atoms with van der Waals surface area (Å²) < 4.78 is 3.89. The van der Waals surface area contributed by atoms with Gasteiger partial charge in [0.1, 0.15) is 0 Å². The van der Waals surface area contributed by atoms with E-state index in [0.717, 1.165) is 30.5 Å². The number of nitrogens with one attached hydrogen (secondary N) is 1. The molecule has 0 atom stereocenters. The van der Waals surface area contributed by atoms with Crippen LogP contribution >= 0.6 is 11.8 Å². The molecule has 0 saturated heterocycles. The van der Waals surface area contributed by atoms with Crippen LogP contribution in [0.2, 0.25) is 0 Å². The lowest BCUT2D eigenvalue weighted by Gasteiger charge is -2.20. The molecule has 0 unspecified atom stereocenters. The van der Waals surface area contributed by atoms with Gasteiger partial charge < -0.3 is 9.88 Å². The molecule has 0 amide bonds. The van der Waals surface area contributed by atoms with E-state index in [4.69, 9.17) is 0 Å². The van der Waals surface area contributed by atoms with Gasteiger partial charge in [-0.2, -0.15) is 0 Å². The number of imidazole rings is 1. The number of nitrogens with zero attached hydrogens (tertiary/aromatic N) is 6. The normalized spacial score (nSPS) is 11.9. The summed E-state index contributed by atoms with van der Waals surface area (Å²) in [4.78, 5) is 4.02. The third-order valence-electron chi connectivity index (χ3n) is 2.62. The Hall–Kier alpha value is -1.41. The first kappa shape index (κ1) is 15.0. The maximum absolute atomic E-state index is 4.06. The molecule has 2 aromatic heterocycles. The van der Waals surface area contributed by atoms with Gasteiger partial charge in [0.15, 0.2) is 0 Å². The second-order valence-corrected chi connectivity index (χ2v) is 6.57. The highest BCUT2D eigenvalue weighted by Gasteiger charge is 2.10. The molecule has 7 nitrogen and oxygen atoms in total. The molecule has 0 bridgehead atoms. The largest absolute Gasteiger partial charge is 0.337 e. The SMILES string of the molecule is CC(C)(C)NCCn1nnnc1SCCn1ccnc1. The number of hydrogen-bond acceptors (Lipinski definition) is 6. The molecule has 0 aliphatic rings. The van der Waals surface area contributed by atoms with Gasteiger partial charge in [-0.3, -0.25) is 0 Å². The van der Waals surface area contributed by atoms with Gasteiger partial charge in [0, 0.05) is 36.8 Å². The van der Waals surface area contributed by atoms with E-state index in [0.29, 0.717) is 0 Å². The molecule has 2 heterocycles. The number of thioether (sulfide) groups is 1. The van der Waals surface area contributed by atoms with Crippen molar-refractivity contribution in [1.29, 1.82) is 0 Å². The summed E-state index contributed by atoms with van der Waals surface area (Å²) in [6, 6.07) is 0. The van der Waals surface area contributed by atoms with E-state index in [1.165, 1.54) is 0 Å². The van der Waals surface area contributed by atoms with Crippen LogP contribution in [-0.4, -0.2) is 47.6 Å². The van der Waals surface area contributed by atoms with E-state index < -0.39 is 0 Å². The van der Waals surface area contributed by atoms with Crippen LogP contribution in [0.1, 0.15) is 20.8 Å². The van der Waals surface area contributed by atoms with Crippen molar-refractivity contribution in [2.24, 2.45) is 0 Å². The van der Waals surface area contributed by atoms with E-state index in [9.17, 15) is 0 Å². The molecule has 0 radical (unpaired) electrons. The highest BCUT2D eigenvalue weighted by Crippen LogP contribution is 2.13. The van der Waals surface area contributed by atoms with Crippen LogP contribution < -0.4 is 5.32 Å². The second kappa shape index (κ2) is 6.85. The summed E-state index contributed by atoms with van der Waals surface area (Å²) in [5, 5.41) is 16.1. The van der Waals surface area contributed by atoms with Gasteiger partial charge >= 0.3 is 0 Å². The molecular weight excluding hydrogens is 274 g/mol. The van der Waals surface area contributed by atoms with Crippen molar-refractivity contribution in [2.75, 3.05) is 12.3 Å². The zero-order chi connectivity index (χ0) is 14.4. The monoisotopic (exact) mass is 295 g/mol. The van der Waals surface area contributed by atoms with Crippen LogP contribution in [0.5, 0.6) is 0 Å². The Morgan fingerprint density at radius 1 is 1.30 bits per heavy atom. The minimum absolute atomic E-state index is 0.114. The standard InChI is InChI=1S/C12H21N7S/c1-12(2,3)14-5-7-19-11(15-16-17-19)20-9-8-18-6-4-13-10-18/h4,6,10,14H,5,7-9H2,1-3H3. The van der Waals surface area contributed by atoms with Crippen LogP contribution in [0, 0.1) is 0 Å². The van der Waals surface area contributed by atoms with Gasteiger partial charge in [0.25, 0.3) is 0 Å². The number of aryl methyl sites for hydroxylation is 1. The fraction of sp³-hybridized carbons (Fsp3) is 0.667. The number of hydrogen-bond donors (Lipinski definition) is 1. The number of tetrazole rings is 1. The molecule has 20 heavy (non-hydrogen) atoms. The minimum Gasteiger partial charge on any atom is -0.337 e. The van der Waals surface area contributed by atoms with Gasteiger partial charge in [0.2, 0.25) is 5.16 Å². The van der Waals surface area contributed by atoms with Crippen molar-refractivity contribution in [2.45, 2.75) is 44.6 Å². The first-order valence-electron chi connectivity index (χ1n) is 6.64. The van der Waals surface area contributed by atoms with Crippen LogP contribution in [0.4, 0.5) is 0 Å². The Kier molecular flexibility index (Phi) is 5.13. The second-order valence-electron chi connectivity index (χ2n) is 5.51. The fourth-order valence-electron chi connectivity index (χ4n) is 1.64. The van der Waals surface area contributed by atoms with Crippen LogP contribution in [-0.2, 0) is 13.1 Å². The smallest absolute Gasteiger partial charge is 0.209 e. The first-order valence-corrected chi connectivity index (χ1v) is 7.63. The Balaban J connectivity index is 1.76. The van der Waals surface area contributed by atoms with E-state index in [1.54, 1.807) is 18.0 Å². The molecule has 0 fully saturated rings. The summed E-state index contributed by atoms with van der Waals surface area (Å²) in [7, 11) is 0. The van der Waals surface area contributed by atoms with Crippen molar-refractivity contribution in [3.63, 3.8) is 0 Å². The summed E-state index contributed by atoms with van der Waals surface area (Å²) in [6.07, 6.45) is 5.56. The Bertz CT molecular complexity index is 500. The highest BCUT2D eigenvalue weighted by molar-refractivity contribution is 7.99. The molecule has 0 aromatic carbocycles. The fourth-order valence-corrected chi connectivity index (χ4v) is 2.49. The predicted octanol–water partition coefficient (Wildman–Crippen LogP) is 1.05. The summed E-state index contributed by atoms with van der Waals surface area (Å²) >= 11 is 1.66. The van der Waals surface area contributed by atoms with Gasteiger partial charge in [0.05, 0.1) is 12.9 Å². The molecule has 0 aliphatic heterocycles. The number of aromatic nitrogens is 6. The van der Waals surface area contributed by atoms with E-state index >= 15 is 0 Å². The molecule has 0 aliphatic carbocycles. The Labute approximate surface area is 123 Å². The third-order valence-corrected chi connectivity index (χ3v) is 3.56. The van der Waals surface area contributed by atoms with Gasteiger partial charge in [-0.1, -0.05) is 11.8 Å². The molecular formula is C12H21N7S. The lowest BCUT2D eigenvalue weighted by Crippen LogP contribution is -2.38. The average molecular weight is 295 g/mol. The van der Waals surface area contributed by atoms with Gasteiger partial charge in [-0.25, -0.2) is 9.67 Å². The summed E-state index contributed by atoms with van der Waals surface area (Å²) in [6.45, 7) is 8.97. The van der Waals surface area contributed by atoms with Crippen LogP contribution in [0.3, 0.4) is 0 Å². The molecule has 0 spiro atoms. The van der Waals surface area contributed by atoms with Crippen LogP contribution in [0.15, 0.2) is 23.9 Å².